The van der Waals surface area contributed by atoms with Gasteiger partial charge in [0.05, 0.1) is 11.5 Å². The first kappa shape index (κ1) is 13.8. The first-order valence-corrected chi connectivity index (χ1v) is 7.24. The molecule has 18 heavy (non-hydrogen) atoms. The number of hydrogen-bond donors (Lipinski definition) is 2. The van der Waals surface area contributed by atoms with E-state index in [2.05, 4.69) is 17.6 Å². The van der Waals surface area contributed by atoms with E-state index in [1.54, 1.807) is 7.11 Å². The number of rotatable bonds is 5. The zero-order valence-electron chi connectivity index (χ0n) is 11.6. The molecule has 1 unspecified atom stereocenters. The van der Waals surface area contributed by atoms with Crippen molar-refractivity contribution in [1.29, 1.82) is 0 Å². The topological polar surface area (TPSA) is 50.4 Å². The maximum absolute atomic E-state index is 12.5. The van der Waals surface area contributed by atoms with Gasteiger partial charge in [-0.15, -0.1) is 0 Å². The summed E-state index contributed by atoms with van der Waals surface area (Å²) in [5.74, 6) is 0.260. The molecule has 0 aromatic heterocycles. The molecule has 0 aromatic carbocycles. The van der Waals surface area contributed by atoms with Gasteiger partial charge in [-0.05, 0) is 38.6 Å². The number of amides is 1. The molecule has 1 saturated carbocycles. The molecule has 0 spiro atoms. The molecule has 2 fully saturated rings. The van der Waals surface area contributed by atoms with Gasteiger partial charge in [0.15, 0.2) is 0 Å². The standard InChI is InChI=1S/C14H26N2O2/c1-3-5-14(6-4-7-15-10-14)13(17)16-11-8-12(9-11)18-2/h11-12,15H,3-10H2,1-2H3,(H,16,17). The summed E-state index contributed by atoms with van der Waals surface area (Å²) in [6.45, 7) is 4.05. The summed E-state index contributed by atoms with van der Waals surface area (Å²) in [5, 5.41) is 6.60. The average molecular weight is 254 g/mol. The minimum Gasteiger partial charge on any atom is -0.381 e. The van der Waals surface area contributed by atoms with Crippen LogP contribution in [0.3, 0.4) is 0 Å². The largest absolute Gasteiger partial charge is 0.381 e. The van der Waals surface area contributed by atoms with Crippen LogP contribution in [0.2, 0.25) is 0 Å². The molecular formula is C14H26N2O2. The van der Waals surface area contributed by atoms with Crippen molar-refractivity contribution in [2.45, 2.75) is 57.6 Å². The summed E-state index contributed by atoms with van der Waals surface area (Å²) in [4.78, 5) is 12.5. The highest BCUT2D eigenvalue weighted by molar-refractivity contribution is 5.83. The maximum atomic E-state index is 12.5. The van der Waals surface area contributed by atoms with E-state index in [9.17, 15) is 4.79 Å². The van der Waals surface area contributed by atoms with Crippen LogP contribution in [0.5, 0.6) is 0 Å². The molecule has 104 valence electrons. The summed E-state index contributed by atoms with van der Waals surface area (Å²) in [7, 11) is 1.74. The fourth-order valence-corrected chi connectivity index (χ4v) is 3.18. The highest BCUT2D eigenvalue weighted by Gasteiger charge is 2.41. The van der Waals surface area contributed by atoms with Gasteiger partial charge in [0, 0.05) is 19.7 Å². The maximum Gasteiger partial charge on any atom is 0.227 e. The second-order valence-corrected chi connectivity index (χ2v) is 5.81. The van der Waals surface area contributed by atoms with Crippen LogP contribution in [0.25, 0.3) is 0 Å². The van der Waals surface area contributed by atoms with Crippen molar-refractivity contribution in [3.63, 3.8) is 0 Å². The molecule has 2 rings (SSSR count). The third-order valence-electron chi connectivity index (χ3n) is 4.45. The van der Waals surface area contributed by atoms with Crippen molar-refractivity contribution in [2.24, 2.45) is 5.41 Å². The van der Waals surface area contributed by atoms with Crippen molar-refractivity contribution < 1.29 is 9.53 Å². The molecular weight excluding hydrogens is 228 g/mol. The minimum absolute atomic E-state index is 0.162. The van der Waals surface area contributed by atoms with Crippen LogP contribution in [0.1, 0.15) is 45.4 Å². The summed E-state index contributed by atoms with van der Waals surface area (Å²) >= 11 is 0. The lowest BCUT2D eigenvalue weighted by Gasteiger charge is -2.40. The Balaban J connectivity index is 1.88. The Bertz CT molecular complexity index is 276. The molecule has 1 atom stereocenters. The Morgan fingerprint density at radius 3 is 2.83 bits per heavy atom. The van der Waals surface area contributed by atoms with Crippen LogP contribution in [0, 0.1) is 5.41 Å². The van der Waals surface area contributed by atoms with Crippen LogP contribution in [-0.4, -0.2) is 38.3 Å². The monoisotopic (exact) mass is 254 g/mol. The van der Waals surface area contributed by atoms with Crippen molar-refractivity contribution in [2.75, 3.05) is 20.2 Å². The van der Waals surface area contributed by atoms with Gasteiger partial charge in [-0.1, -0.05) is 13.3 Å². The first-order valence-electron chi connectivity index (χ1n) is 7.24. The van der Waals surface area contributed by atoms with E-state index in [0.29, 0.717) is 12.1 Å². The Morgan fingerprint density at radius 1 is 1.50 bits per heavy atom. The minimum atomic E-state index is -0.162. The third-order valence-corrected chi connectivity index (χ3v) is 4.45. The quantitative estimate of drug-likeness (QED) is 0.781. The van der Waals surface area contributed by atoms with Crippen LogP contribution in [-0.2, 0) is 9.53 Å². The SMILES string of the molecule is CCCC1(C(=O)NC2CC(OC)C2)CCCNC1. The summed E-state index contributed by atoms with van der Waals surface area (Å²) in [5.41, 5.74) is -0.162. The molecule has 0 radical (unpaired) electrons. The molecule has 0 aromatic rings. The van der Waals surface area contributed by atoms with Crippen molar-refractivity contribution in [3.8, 4) is 0 Å². The molecule has 1 aliphatic heterocycles. The molecule has 0 bridgehead atoms. The van der Waals surface area contributed by atoms with Crippen LogP contribution in [0.15, 0.2) is 0 Å². The normalized spacial score (nSPS) is 35.9. The average Bonchev–Trinajstić information content (AvgIpc) is 2.34. The molecule has 2 N–H and O–H groups in total. The van der Waals surface area contributed by atoms with Gasteiger partial charge in [0.2, 0.25) is 5.91 Å². The van der Waals surface area contributed by atoms with E-state index >= 15 is 0 Å². The Morgan fingerprint density at radius 2 is 2.28 bits per heavy atom. The fourth-order valence-electron chi connectivity index (χ4n) is 3.18. The zero-order valence-corrected chi connectivity index (χ0v) is 11.6. The Kier molecular flexibility index (Phi) is 4.62. The zero-order chi connectivity index (χ0) is 13.0. The number of carbonyl (C=O) groups is 1. The summed E-state index contributed by atoms with van der Waals surface area (Å²) in [6, 6.07) is 0.332. The summed E-state index contributed by atoms with van der Waals surface area (Å²) < 4.78 is 5.25. The number of ether oxygens (including phenoxy) is 1. The second-order valence-electron chi connectivity index (χ2n) is 5.81. The molecule has 1 saturated heterocycles. The first-order chi connectivity index (χ1) is 8.70. The lowest BCUT2D eigenvalue weighted by molar-refractivity contribution is -0.135. The molecule has 1 aliphatic carbocycles. The van der Waals surface area contributed by atoms with E-state index in [4.69, 9.17) is 4.74 Å². The van der Waals surface area contributed by atoms with Crippen LogP contribution in [0.4, 0.5) is 0 Å². The van der Waals surface area contributed by atoms with E-state index in [-0.39, 0.29) is 11.3 Å². The molecule has 2 aliphatic rings. The van der Waals surface area contributed by atoms with E-state index in [1.807, 2.05) is 0 Å². The van der Waals surface area contributed by atoms with Crippen molar-refractivity contribution in [1.82, 2.24) is 10.6 Å². The molecule has 4 heteroatoms. The van der Waals surface area contributed by atoms with E-state index < -0.39 is 0 Å². The summed E-state index contributed by atoms with van der Waals surface area (Å²) in [6.07, 6.45) is 6.49. The third kappa shape index (κ3) is 2.86. The number of nitrogens with one attached hydrogen (secondary N) is 2. The van der Waals surface area contributed by atoms with Gasteiger partial charge in [-0.25, -0.2) is 0 Å². The number of piperidine rings is 1. The smallest absolute Gasteiger partial charge is 0.227 e. The van der Waals surface area contributed by atoms with E-state index in [1.165, 1.54) is 0 Å². The van der Waals surface area contributed by atoms with Gasteiger partial charge in [0.25, 0.3) is 0 Å². The van der Waals surface area contributed by atoms with Gasteiger partial charge < -0.3 is 15.4 Å². The Hall–Kier alpha value is -0.610. The predicted octanol–water partition coefficient (Wildman–Crippen LogP) is 1.45. The second kappa shape index (κ2) is 6.02. The molecule has 1 amide bonds. The highest BCUT2D eigenvalue weighted by Crippen LogP contribution is 2.33. The van der Waals surface area contributed by atoms with Gasteiger partial charge in [-0.2, -0.15) is 0 Å². The number of methoxy groups -OCH3 is 1. The van der Waals surface area contributed by atoms with Crippen LogP contribution >= 0.6 is 0 Å². The van der Waals surface area contributed by atoms with Crippen molar-refractivity contribution >= 4 is 5.91 Å². The highest BCUT2D eigenvalue weighted by atomic mass is 16.5. The number of carbonyl (C=O) groups excluding carboxylic acids is 1. The van der Waals surface area contributed by atoms with E-state index in [0.717, 1.165) is 51.6 Å². The molecule has 1 heterocycles. The lowest BCUT2D eigenvalue weighted by atomic mass is 9.75. The lowest BCUT2D eigenvalue weighted by Crippen LogP contribution is -2.56. The number of hydrogen-bond acceptors (Lipinski definition) is 3. The fraction of sp³-hybridized carbons (Fsp3) is 0.929. The Labute approximate surface area is 110 Å². The molecule has 4 nitrogen and oxygen atoms in total. The predicted molar refractivity (Wildman–Crippen MR) is 71.4 cm³/mol. The van der Waals surface area contributed by atoms with Crippen LogP contribution < -0.4 is 10.6 Å². The van der Waals surface area contributed by atoms with Crippen molar-refractivity contribution in [3.05, 3.63) is 0 Å². The van der Waals surface area contributed by atoms with Gasteiger partial charge in [0.1, 0.15) is 0 Å². The van der Waals surface area contributed by atoms with Gasteiger partial charge >= 0.3 is 0 Å². The van der Waals surface area contributed by atoms with Gasteiger partial charge in [-0.3, -0.25) is 4.79 Å².